The molecule has 178 valence electrons. The Hall–Kier alpha value is -3.68. The van der Waals surface area contributed by atoms with Crippen molar-refractivity contribution >= 4 is 11.6 Å². The third kappa shape index (κ3) is 4.66. The molecule has 34 heavy (non-hydrogen) atoms. The zero-order chi connectivity index (χ0) is 24.2. The summed E-state index contributed by atoms with van der Waals surface area (Å²) in [5.74, 6) is 0.179. The van der Waals surface area contributed by atoms with Crippen LogP contribution < -0.4 is 10.1 Å². The second-order valence-electron chi connectivity index (χ2n) is 8.42. The molecule has 2 amide bonds. The molecule has 1 aliphatic heterocycles. The molecule has 1 unspecified atom stereocenters. The number of unbranched alkanes of at least 4 members (excludes halogenated alkanes) is 2. The molecule has 0 saturated carbocycles. The van der Waals surface area contributed by atoms with Gasteiger partial charge in [0, 0.05) is 17.8 Å². The summed E-state index contributed by atoms with van der Waals surface area (Å²) in [7, 11) is 1.41. The van der Waals surface area contributed by atoms with Crippen LogP contribution in [0, 0.1) is 12.7 Å². The first-order chi connectivity index (χ1) is 16.4. The Morgan fingerprint density at radius 1 is 1.15 bits per heavy atom. The minimum absolute atomic E-state index is 0.142. The molecule has 1 atom stereocenters. The molecule has 0 fully saturated rings. The van der Waals surface area contributed by atoms with E-state index in [-0.39, 0.29) is 23.5 Å². The second kappa shape index (κ2) is 10.1. The van der Waals surface area contributed by atoms with Gasteiger partial charge in [-0.25, -0.2) is 9.18 Å². The standard InChI is InChI=1S/C26H29FN4O3/c1-5-6-7-14-31-17(3)22(23(28-26(31)32)18-10-8-16(2)9-11-18)25-29-24(30-34-25)19-12-13-21(33-4)20(27)15-19/h8-13,15,23H,5-7,14H2,1-4H3,(H,28,32). The van der Waals surface area contributed by atoms with E-state index in [9.17, 15) is 9.18 Å². The first-order valence-corrected chi connectivity index (χ1v) is 11.5. The number of methoxy groups -OCH3 is 1. The molecule has 2 aromatic carbocycles. The van der Waals surface area contributed by atoms with Crippen LogP contribution in [0.1, 0.15) is 56.2 Å². The maximum Gasteiger partial charge on any atom is 0.322 e. The molecule has 0 bridgehead atoms. The number of hydrogen-bond donors (Lipinski definition) is 1. The topological polar surface area (TPSA) is 80.5 Å². The number of hydrogen-bond acceptors (Lipinski definition) is 5. The van der Waals surface area contributed by atoms with E-state index < -0.39 is 11.9 Å². The SMILES string of the molecule is CCCCCN1C(=O)NC(c2ccc(C)cc2)C(c2nc(-c3ccc(OC)c(F)c3)no2)=C1C. The second-order valence-corrected chi connectivity index (χ2v) is 8.42. The van der Waals surface area contributed by atoms with Crippen LogP contribution in [0.3, 0.4) is 0 Å². The summed E-state index contributed by atoms with van der Waals surface area (Å²) >= 11 is 0. The normalized spacial score (nSPS) is 16.1. The Morgan fingerprint density at radius 2 is 1.91 bits per heavy atom. The number of benzene rings is 2. The van der Waals surface area contributed by atoms with Crippen LogP contribution in [0.25, 0.3) is 17.0 Å². The highest BCUT2D eigenvalue weighted by Gasteiger charge is 2.35. The van der Waals surface area contributed by atoms with Crippen LogP contribution in [-0.2, 0) is 0 Å². The number of carbonyl (C=O) groups excluding carboxylic acids is 1. The first kappa shape index (κ1) is 23.5. The van der Waals surface area contributed by atoms with E-state index >= 15 is 0 Å². The summed E-state index contributed by atoms with van der Waals surface area (Å²) in [5.41, 5.74) is 4.00. The third-order valence-electron chi connectivity index (χ3n) is 6.06. The van der Waals surface area contributed by atoms with Crippen LogP contribution in [0.4, 0.5) is 9.18 Å². The number of ether oxygens (including phenoxy) is 1. The maximum absolute atomic E-state index is 14.2. The molecular formula is C26H29FN4O3. The van der Waals surface area contributed by atoms with E-state index in [0.717, 1.165) is 41.7 Å². The molecule has 0 saturated heterocycles. The first-order valence-electron chi connectivity index (χ1n) is 11.5. The summed E-state index contributed by atoms with van der Waals surface area (Å²) in [6.07, 6.45) is 2.98. The fourth-order valence-electron chi connectivity index (χ4n) is 4.11. The van der Waals surface area contributed by atoms with Crippen LogP contribution in [-0.4, -0.2) is 34.7 Å². The molecule has 2 heterocycles. The van der Waals surface area contributed by atoms with Crippen molar-refractivity contribution < 1.29 is 18.4 Å². The summed E-state index contributed by atoms with van der Waals surface area (Å²) < 4.78 is 24.9. The van der Waals surface area contributed by atoms with E-state index in [1.807, 2.05) is 38.1 Å². The van der Waals surface area contributed by atoms with Gasteiger partial charge in [-0.1, -0.05) is 54.8 Å². The van der Waals surface area contributed by atoms with Gasteiger partial charge in [0.25, 0.3) is 5.89 Å². The molecule has 3 aromatic rings. The number of amides is 2. The number of urea groups is 1. The quantitative estimate of drug-likeness (QED) is 0.421. The van der Waals surface area contributed by atoms with Gasteiger partial charge in [-0.2, -0.15) is 4.98 Å². The minimum Gasteiger partial charge on any atom is -0.494 e. The molecule has 0 radical (unpaired) electrons. The minimum atomic E-state index is -0.508. The fourth-order valence-corrected chi connectivity index (χ4v) is 4.11. The van der Waals surface area contributed by atoms with Crippen molar-refractivity contribution in [3.8, 4) is 17.1 Å². The fraction of sp³-hybridized carbons (Fsp3) is 0.346. The number of nitrogens with zero attached hydrogens (tertiary/aromatic N) is 3. The Balaban J connectivity index is 1.76. The van der Waals surface area contributed by atoms with Crippen molar-refractivity contribution in [2.45, 2.75) is 46.1 Å². The van der Waals surface area contributed by atoms with Crippen LogP contribution in [0.2, 0.25) is 0 Å². The highest BCUT2D eigenvalue weighted by Crippen LogP contribution is 2.37. The lowest BCUT2D eigenvalue weighted by Crippen LogP contribution is -2.46. The average Bonchev–Trinajstić information content (AvgIpc) is 3.31. The molecule has 1 aliphatic rings. The van der Waals surface area contributed by atoms with Gasteiger partial charge in [-0.15, -0.1) is 0 Å². The van der Waals surface area contributed by atoms with Crippen LogP contribution >= 0.6 is 0 Å². The zero-order valence-corrected chi connectivity index (χ0v) is 19.9. The summed E-state index contributed by atoms with van der Waals surface area (Å²) in [6.45, 7) is 6.64. The molecule has 8 heteroatoms. The average molecular weight is 465 g/mol. The lowest BCUT2D eigenvalue weighted by molar-refractivity contribution is 0.204. The van der Waals surface area contributed by atoms with Crippen molar-refractivity contribution in [2.24, 2.45) is 0 Å². The lowest BCUT2D eigenvalue weighted by atomic mass is 9.94. The Labute approximate surface area is 198 Å². The number of carbonyl (C=O) groups is 1. The molecule has 4 rings (SSSR count). The van der Waals surface area contributed by atoms with Crippen molar-refractivity contribution in [3.63, 3.8) is 0 Å². The van der Waals surface area contributed by atoms with Crippen molar-refractivity contribution in [2.75, 3.05) is 13.7 Å². The van der Waals surface area contributed by atoms with Gasteiger partial charge < -0.3 is 14.6 Å². The highest BCUT2D eigenvalue weighted by molar-refractivity contribution is 5.86. The zero-order valence-electron chi connectivity index (χ0n) is 19.9. The highest BCUT2D eigenvalue weighted by atomic mass is 19.1. The Morgan fingerprint density at radius 3 is 2.59 bits per heavy atom. The molecule has 7 nitrogen and oxygen atoms in total. The predicted octanol–water partition coefficient (Wildman–Crippen LogP) is 5.88. The number of aromatic nitrogens is 2. The predicted molar refractivity (Wildman–Crippen MR) is 128 cm³/mol. The van der Waals surface area contributed by atoms with Crippen molar-refractivity contribution in [1.29, 1.82) is 0 Å². The number of halogens is 1. The Kier molecular flexibility index (Phi) is 6.95. The van der Waals surface area contributed by atoms with E-state index in [1.165, 1.54) is 19.2 Å². The number of allylic oxidation sites excluding steroid dienone is 1. The summed E-state index contributed by atoms with van der Waals surface area (Å²) in [6, 6.07) is 11.9. The monoisotopic (exact) mass is 464 g/mol. The smallest absolute Gasteiger partial charge is 0.322 e. The van der Waals surface area contributed by atoms with Gasteiger partial charge in [-0.3, -0.25) is 4.90 Å². The van der Waals surface area contributed by atoms with E-state index in [0.29, 0.717) is 12.1 Å². The van der Waals surface area contributed by atoms with Gasteiger partial charge in [0.1, 0.15) is 0 Å². The molecule has 0 aliphatic carbocycles. The van der Waals surface area contributed by atoms with Gasteiger partial charge in [-0.05, 0) is 44.0 Å². The largest absolute Gasteiger partial charge is 0.494 e. The van der Waals surface area contributed by atoms with Crippen molar-refractivity contribution in [3.05, 3.63) is 71.0 Å². The van der Waals surface area contributed by atoms with Gasteiger partial charge >= 0.3 is 6.03 Å². The maximum atomic E-state index is 14.2. The summed E-state index contributed by atoms with van der Waals surface area (Å²) in [4.78, 5) is 19.3. The van der Waals surface area contributed by atoms with Gasteiger partial charge in [0.15, 0.2) is 11.6 Å². The molecule has 1 N–H and O–H groups in total. The number of rotatable bonds is 8. The number of nitrogens with one attached hydrogen (secondary N) is 1. The van der Waals surface area contributed by atoms with Gasteiger partial charge in [0.05, 0.1) is 18.7 Å². The lowest BCUT2D eigenvalue weighted by Gasteiger charge is -2.35. The van der Waals surface area contributed by atoms with Crippen LogP contribution in [0.5, 0.6) is 5.75 Å². The van der Waals surface area contributed by atoms with E-state index in [2.05, 4.69) is 22.4 Å². The van der Waals surface area contributed by atoms with E-state index in [4.69, 9.17) is 9.26 Å². The third-order valence-corrected chi connectivity index (χ3v) is 6.06. The van der Waals surface area contributed by atoms with E-state index in [1.54, 1.807) is 11.0 Å². The molecule has 1 aromatic heterocycles. The van der Waals surface area contributed by atoms with Crippen molar-refractivity contribution in [1.82, 2.24) is 20.4 Å². The van der Waals surface area contributed by atoms with Crippen LogP contribution in [0.15, 0.2) is 52.7 Å². The Bertz CT molecular complexity index is 1200. The number of aryl methyl sites for hydroxylation is 1. The molecular weight excluding hydrogens is 435 g/mol. The van der Waals surface area contributed by atoms with Gasteiger partial charge in [0.2, 0.25) is 5.82 Å². The molecule has 0 spiro atoms. The summed E-state index contributed by atoms with van der Waals surface area (Å²) in [5, 5.41) is 7.20.